The van der Waals surface area contributed by atoms with Gasteiger partial charge in [-0.3, -0.25) is 9.69 Å². The summed E-state index contributed by atoms with van der Waals surface area (Å²) in [7, 11) is 0. The minimum absolute atomic E-state index is 0.109. The molecule has 0 spiro atoms. The van der Waals surface area contributed by atoms with Crippen LogP contribution in [0.1, 0.15) is 0 Å². The highest BCUT2D eigenvalue weighted by Gasteiger charge is 2.19. The van der Waals surface area contributed by atoms with Crippen LogP contribution in [0.25, 0.3) is 11.5 Å². The minimum Gasteiger partial charge on any atom is -0.411 e. The van der Waals surface area contributed by atoms with Crippen molar-refractivity contribution in [1.82, 2.24) is 15.1 Å². The van der Waals surface area contributed by atoms with E-state index in [-0.39, 0.29) is 11.7 Å². The van der Waals surface area contributed by atoms with Crippen LogP contribution >= 0.6 is 11.8 Å². The van der Waals surface area contributed by atoms with Gasteiger partial charge in [0.15, 0.2) is 0 Å². The van der Waals surface area contributed by atoms with Crippen LogP contribution in [0.2, 0.25) is 0 Å². The van der Waals surface area contributed by atoms with Crippen LogP contribution in [-0.4, -0.2) is 59.5 Å². The van der Waals surface area contributed by atoms with Gasteiger partial charge in [-0.05, 0) is 24.3 Å². The van der Waals surface area contributed by atoms with Crippen molar-refractivity contribution in [2.75, 3.05) is 48.7 Å². The van der Waals surface area contributed by atoms with Crippen molar-refractivity contribution in [2.45, 2.75) is 5.22 Å². The Hall–Kier alpha value is -3.10. The van der Waals surface area contributed by atoms with Gasteiger partial charge in [0, 0.05) is 38.3 Å². The quantitative estimate of drug-likeness (QED) is 0.426. The monoisotopic (exact) mass is 435 g/mol. The molecule has 1 aromatic heterocycles. The Labute approximate surface area is 186 Å². The summed E-state index contributed by atoms with van der Waals surface area (Å²) in [6.45, 7) is 8.51. The number of rotatable bonds is 8. The van der Waals surface area contributed by atoms with Gasteiger partial charge in [0.1, 0.15) is 0 Å². The van der Waals surface area contributed by atoms with Gasteiger partial charge in [-0.1, -0.05) is 48.2 Å². The lowest BCUT2D eigenvalue weighted by molar-refractivity contribution is -0.113. The van der Waals surface area contributed by atoms with E-state index in [4.69, 9.17) is 4.42 Å². The Morgan fingerprint density at radius 2 is 1.81 bits per heavy atom. The summed E-state index contributed by atoms with van der Waals surface area (Å²) in [5, 5.41) is 11.5. The summed E-state index contributed by atoms with van der Waals surface area (Å²) in [6, 6.07) is 17.5. The second kappa shape index (κ2) is 10.3. The molecule has 0 bridgehead atoms. The number of hydrogen-bond donors (Lipinski definition) is 1. The molecule has 0 aliphatic carbocycles. The van der Waals surface area contributed by atoms with E-state index in [0.29, 0.717) is 11.1 Å². The molecule has 31 heavy (non-hydrogen) atoms. The van der Waals surface area contributed by atoms with E-state index in [1.54, 1.807) is 0 Å². The predicted molar refractivity (Wildman–Crippen MR) is 124 cm³/mol. The lowest BCUT2D eigenvalue weighted by Crippen LogP contribution is -2.46. The van der Waals surface area contributed by atoms with Crippen molar-refractivity contribution in [2.24, 2.45) is 0 Å². The molecule has 1 aliphatic heterocycles. The van der Waals surface area contributed by atoms with Crippen LogP contribution in [0, 0.1) is 0 Å². The molecule has 1 saturated heterocycles. The molecule has 1 fully saturated rings. The molecule has 0 saturated carbocycles. The highest BCUT2D eigenvalue weighted by molar-refractivity contribution is 7.99. The first-order valence-corrected chi connectivity index (χ1v) is 11.2. The van der Waals surface area contributed by atoms with E-state index in [2.05, 4.69) is 38.0 Å². The standard InChI is InChI=1S/C23H25N5O2S/c1-2-12-27-13-15-28(16-14-27)20-11-7-6-10-19(20)24-21(29)17-31-23-26-25-22(30-23)18-8-4-3-5-9-18/h2-11H,1,12-17H2,(H,24,29). The average Bonchev–Trinajstić information content (AvgIpc) is 3.29. The molecule has 1 N–H and O–H groups in total. The molecule has 3 aromatic rings. The van der Waals surface area contributed by atoms with Gasteiger partial charge in [-0.2, -0.15) is 0 Å². The molecule has 0 atom stereocenters. The highest BCUT2D eigenvalue weighted by Crippen LogP contribution is 2.28. The predicted octanol–water partition coefficient (Wildman–Crippen LogP) is 3.78. The summed E-state index contributed by atoms with van der Waals surface area (Å²) in [5.41, 5.74) is 2.72. The van der Waals surface area contributed by atoms with Crippen molar-refractivity contribution < 1.29 is 9.21 Å². The number of aromatic nitrogens is 2. The number of nitrogens with zero attached hydrogens (tertiary/aromatic N) is 4. The van der Waals surface area contributed by atoms with Crippen LogP contribution < -0.4 is 10.2 Å². The van der Waals surface area contributed by atoms with Crippen LogP contribution in [0.5, 0.6) is 0 Å². The second-order valence-electron chi connectivity index (χ2n) is 7.17. The number of anilines is 2. The third kappa shape index (κ3) is 5.53. The van der Waals surface area contributed by atoms with Gasteiger partial charge in [0.2, 0.25) is 11.8 Å². The molecule has 8 heteroatoms. The molecule has 7 nitrogen and oxygen atoms in total. The van der Waals surface area contributed by atoms with Gasteiger partial charge in [0.05, 0.1) is 17.1 Å². The molecular weight excluding hydrogens is 410 g/mol. The Morgan fingerprint density at radius 3 is 2.58 bits per heavy atom. The summed E-state index contributed by atoms with van der Waals surface area (Å²) in [5.74, 6) is 0.532. The Bertz CT molecular complexity index is 1020. The van der Waals surface area contributed by atoms with E-state index in [1.807, 2.05) is 54.6 Å². The fraction of sp³-hybridized carbons (Fsp3) is 0.261. The molecule has 0 unspecified atom stereocenters. The lowest BCUT2D eigenvalue weighted by Gasteiger charge is -2.36. The van der Waals surface area contributed by atoms with Crippen molar-refractivity contribution in [3.8, 4) is 11.5 Å². The number of amides is 1. The van der Waals surface area contributed by atoms with Crippen LogP contribution in [0.3, 0.4) is 0 Å². The van der Waals surface area contributed by atoms with Gasteiger partial charge in [0.25, 0.3) is 5.22 Å². The van der Waals surface area contributed by atoms with Gasteiger partial charge in [-0.25, -0.2) is 0 Å². The number of thioether (sulfide) groups is 1. The number of piperazine rings is 1. The Kier molecular flexibility index (Phi) is 7.01. The van der Waals surface area contributed by atoms with Crippen molar-refractivity contribution in [3.05, 3.63) is 67.3 Å². The van der Waals surface area contributed by atoms with E-state index in [0.717, 1.165) is 49.7 Å². The van der Waals surface area contributed by atoms with E-state index in [9.17, 15) is 4.79 Å². The maximum atomic E-state index is 12.6. The van der Waals surface area contributed by atoms with Gasteiger partial charge < -0.3 is 14.6 Å². The number of carbonyl (C=O) groups excluding carboxylic acids is 1. The normalized spacial score (nSPS) is 14.4. The first-order chi connectivity index (χ1) is 15.2. The topological polar surface area (TPSA) is 74.5 Å². The fourth-order valence-corrected chi connectivity index (χ4v) is 4.05. The van der Waals surface area contributed by atoms with E-state index < -0.39 is 0 Å². The number of nitrogens with one attached hydrogen (secondary N) is 1. The number of hydrogen-bond acceptors (Lipinski definition) is 7. The third-order valence-corrected chi connectivity index (χ3v) is 5.85. The zero-order valence-electron chi connectivity index (χ0n) is 17.2. The van der Waals surface area contributed by atoms with Gasteiger partial charge >= 0.3 is 0 Å². The smallest absolute Gasteiger partial charge is 0.277 e. The minimum atomic E-state index is -0.109. The first-order valence-electron chi connectivity index (χ1n) is 10.2. The number of para-hydroxylation sites is 2. The van der Waals surface area contributed by atoms with Gasteiger partial charge in [-0.15, -0.1) is 16.8 Å². The maximum Gasteiger partial charge on any atom is 0.277 e. The summed E-state index contributed by atoms with van der Waals surface area (Å²) >= 11 is 1.23. The molecule has 4 rings (SSSR count). The summed E-state index contributed by atoms with van der Waals surface area (Å²) in [4.78, 5) is 17.3. The van der Waals surface area contributed by atoms with E-state index in [1.165, 1.54) is 11.8 Å². The lowest BCUT2D eigenvalue weighted by atomic mass is 10.2. The van der Waals surface area contributed by atoms with Crippen LogP contribution in [0.15, 0.2) is 76.9 Å². The molecule has 0 radical (unpaired) electrons. The molecule has 1 aliphatic rings. The zero-order valence-corrected chi connectivity index (χ0v) is 18.1. The first kappa shape index (κ1) is 21.1. The van der Waals surface area contributed by atoms with Crippen molar-refractivity contribution in [1.29, 1.82) is 0 Å². The Morgan fingerprint density at radius 1 is 1.06 bits per heavy atom. The molecule has 2 heterocycles. The van der Waals surface area contributed by atoms with Crippen molar-refractivity contribution in [3.63, 3.8) is 0 Å². The highest BCUT2D eigenvalue weighted by atomic mass is 32.2. The summed E-state index contributed by atoms with van der Waals surface area (Å²) < 4.78 is 5.66. The number of benzene rings is 2. The van der Waals surface area contributed by atoms with Crippen molar-refractivity contribution >= 4 is 29.0 Å². The second-order valence-corrected chi connectivity index (χ2v) is 8.10. The largest absolute Gasteiger partial charge is 0.411 e. The summed E-state index contributed by atoms with van der Waals surface area (Å²) in [6.07, 6.45) is 1.94. The zero-order chi connectivity index (χ0) is 21.5. The third-order valence-electron chi connectivity index (χ3n) is 5.03. The maximum absolute atomic E-state index is 12.6. The molecular formula is C23H25N5O2S. The molecule has 160 valence electrons. The Balaban J connectivity index is 1.33. The molecule has 2 aromatic carbocycles. The fourth-order valence-electron chi connectivity index (χ4n) is 3.49. The number of carbonyl (C=O) groups is 1. The average molecular weight is 436 g/mol. The molecule has 1 amide bonds. The van der Waals surface area contributed by atoms with Crippen LogP contribution in [-0.2, 0) is 4.79 Å². The SMILES string of the molecule is C=CCN1CCN(c2ccccc2NC(=O)CSc2nnc(-c3ccccc3)o2)CC1. The van der Waals surface area contributed by atoms with Crippen LogP contribution in [0.4, 0.5) is 11.4 Å². The van der Waals surface area contributed by atoms with E-state index >= 15 is 0 Å².